The fourth-order valence-electron chi connectivity index (χ4n) is 5.24. The number of aromatic nitrogens is 4. The van der Waals surface area contributed by atoms with E-state index < -0.39 is 0 Å². The lowest BCUT2D eigenvalue weighted by atomic mass is 10.1. The van der Waals surface area contributed by atoms with Gasteiger partial charge >= 0.3 is 0 Å². The van der Waals surface area contributed by atoms with Crippen molar-refractivity contribution in [3.63, 3.8) is 0 Å². The molecular formula is C33H20N4OS. The first kappa shape index (κ1) is 22.0. The number of hydrogen-bond donors (Lipinski definition) is 0. The minimum Gasteiger partial charge on any atom is -0.444 e. The van der Waals surface area contributed by atoms with Crippen LogP contribution in [0.5, 0.6) is 0 Å². The van der Waals surface area contributed by atoms with Gasteiger partial charge in [-0.25, -0.2) is 9.97 Å². The summed E-state index contributed by atoms with van der Waals surface area (Å²) in [7, 11) is 0. The Kier molecular flexibility index (Phi) is 4.93. The van der Waals surface area contributed by atoms with E-state index in [9.17, 15) is 0 Å². The highest BCUT2D eigenvalue weighted by atomic mass is 32.1. The molecule has 0 unspecified atom stereocenters. The molecular weight excluding hydrogens is 500 g/mol. The molecule has 0 aliphatic heterocycles. The lowest BCUT2D eigenvalue weighted by molar-refractivity contribution is 0.574. The summed E-state index contributed by atoms with van der Waals surface area (Å²) in [6, 6.07) is 36.1. The molecule has 4 heterocycles. The predicted octanol–water partition coefficient (Wildman–Crippen LogP) is 8.78. The molecule has 184 valence electrons. The van der Waals surface area contributed by atoms with Crippen LogP contribution in [0, 0.1) is 0 Å². The van der Waals surface area contributed by atoms with Gasteiger partial charge in [-0.05, 0) is 48.5 Å². The summed E-state index contributed by atoms with van der Waals surface area (Å²) in [4.78, 5) is 13.8. The van der Waals surface area contributed by atoms with Crippen molar-refractivity contribution in [2.45, 2.75) is 0 Å². The van der Waals surface area contributed by atoms with E-state index in [1.54, 1.807) is 30.0 Å². The molecule has 4 aromatic carbocycles. The number of benzene rings is 4. The zero-order chi connectivity index (χ0) is 25.8. The van der Waals surface area contributed by atoms with Crippen molar-refractivity contribution in [2.75, 3.05) is 0 Å². The normalized spacial score (nSPS) is 11.6. The van der Waals surface area contributed by atoms with Crippen molar-refractivity contribution in [2.24, 2.45) is 0 Å². The second-order valence-corrected chi connectivity index (χ2v) is 10.4. The molecule has 8 aromatic rings. The van der Waals surface area contributed by atoms with Crippen LogP contribution in [0.15, 0.2) is 126 Å². The first-order valence-electron chi connectivity index (χ1n) is 12.7. The number of rotatable bonds is 4. The average Bonchev–Trinajstić information content (AvgIpc) is 3.75. The van der Waals surface area contributed by atoms with Crippen LogP contribution in [-0.2, 0) is 0 Å². The molecule has 0 aliphatic rings. The van der Waals surface area contributed by atoms with E-state index in [-0.39, 0.29) is 0 Å². The van der Waals surface area contributed by atoms with E-state index in [2.05, 4.69) is 94.5 Å². The molecule has 0 N–H and O–H groups in total. The van der Waals surface area contributed by atoms with Gasteiger partial charge in [0.2, 0.25) is 5.89 Å². The molecule has 0 fully saturated rings. The van der Waals surface area contributed by atoms with E-state index in [0.717, 1.165) is 44.1 Å². The molecule has 0 saturated carbocycles. The summed E-state index contributed by atoms with van der Waals surface area (Å²) in [5, 5.41) is 3.47. The van der Waals surface area contributed by atoms with Gasteiger partial charge < -0.3 is 8.98 Å². The molecule has 5 nitrogen and oxygen atoms in total. The zero-order valence-corrected chi connectivity index (χ0v) is 21.5. The molecule has 0 spiro atoms. The lowest BCUT2D eigenvalue weighted by Crippen LogP contribution is -1.95. The maximum Gasteiger partial charge on any atom is 0.227 e. The fraction of sp³-hybridized carbons (Fsp3) is 0. The third-order valence-corrected chi connectivity index (χ3v) is 8.14. The SMILES string of the molecule is c1cc(-c2ccc(-c3ncco3)cn2)cc(-n2c3ccccc3c3ccc(-c4nc5ccccc5s4)cc32)c1. The molecule has 0 bridgehead atoms. The van der Waals surface area contributed by atoms with Crippen molar-refractivity contribution in [3.8, 4) is 39.0 Å². The van der Waals surface area contributed by atoms with Gasteiger partial charge in [-0.1, -0.05) is 54.6 Å². The molecule has 0 amide bonds. The molecule has 6 heteroatoms. The van der Waals surface area contributed by atoms with Gasteiger partial charge in [0.25, 0.3) is 0 Å². The summed E-state index contributed by atoms with van der Waals surface area (Å²) in [6.07, 6.45) is 5.01. The van der Waals surface area contributed by atoms with Crippen molar-refractivity contribution in [1.29, 1.82) is 0 Å². The van der Waals surface area contributed by atoms with Crippen molar-refractivity contribution < 1.29 is 4.42 Å². The Balaban J connectivity index is 1.28. The van der Waals surface area contributed by atoms with Crippen LogP contribution in [0.25, 0.3) is 71.0 Å². The van der Waals surface area contributed by atoms with Gasteiger partial charge in [-0.15, -0.1) is 11.3 Å². The van der Waals surface area contributed by atoms with Crippen LogP contribution in [0.3, 0.4) is 0 Å². The Hall–Kier alpha value is -5.07. The maximum atomic E-state index is 5.42. The number of fused-ring (bicyclic) bond motifs is 4. The van der Waals surface area contributed by atoms with Crippen LogP contribution < -0.4 is 0 Å². The van der Waals surface area contributed by atoms with Gasteiger partial charge in [-0.3, -0.25) is 4.98 Å². The maximum absolute atomic E-state index is 5.42. The van der Waals surface area contributed by atoms with Crippen LogP contribution in [-0.4, -0.2) is 19.5 Å². The lowest BCUT2D eigenvalue weighted by Gasteiger charge is -2.10. The summed E-state index contributed by atoms with van der Waals surface area (Å²) < 4.78 is 8.95. The minimum absolute atomic E-state index is 0.567. The smallest absolute Gasteiger partial charge is 0.227 e. The summed E-state index contributed by atoms with van der Waals surface area (Å²) >= 11 is 1.73. The van der Waals surface area contributed by atoms with Gasteiger partial charge in [0, 0.05) is 33.8 Å². The summed E-state index contributed by atoms with van der Waals surface area (Å²) in [5.74, 6) is 0.567. The van der Waals surface area contributed by atoms with Gasteiger partial charge in [-0.2, -0.15) is 0 Å². The number of thiazole rings is 1. The van der Waals surface area contributed by atoms with E-state index in [4.69, 9.17) is 14.4 Å². The second kappa shape index (κ2) is 8.75. The quantitative estimate of drug-likeness (QED) is 0.233. The Morgan fingerprint density at radius 1 is 0.667 bits per heavy atom. The summed E-state index contributed by atoms with van der Waals surface area (Å²) in [5.41, 5.74) is 8.33. The third-order valence-electron chi connectivity index (χ3n) is 7.06. The molecule has 0 radical (unpaired) electrons. The number of pyridine rings is 1. The highest BCUT2D eigenvalue weighted by Gasteiger charge is 2.15. The van der Waals surface area contributed by atoms with Gasteiger partial charge in [0.15, 0.2) is 0 Å². The highest BCUT2D eigenvalue weighted by molar-refractivity contribution is 7.21. The Morgan fingerprint density at radius 3 is 2.41 bits per heavy atom. The Bertz CT molecular complexity index is 2090. The average molecular weight is 521 g/mol. The first-order chi connectivity index (χ1) is 19.3. The van der Waals surface area contributed by atoms with Gasteiger partial charge in [0.1, 0.15) is 11.3 Å². The predicted molar refractivity (Wildman–Crippen MR) is 158 cm³/mol. The van der Waals surface area contributed by atoms with Crippen LogP contribution in [0.1, 0.15) is 0 Å². The molecule has 8 rings (SSSR count). The van der Waals surface area contributed by atoms with Gasteiger partial charge in [0.05, 0.1) is 38.7 Å². The van der Waals surface area contributed by atoms with Crippen LogP contribution in [0.2, 0.25) is 0 Å². The molecule has 0 atom stereocenters. The monoisotopic (exact) mass is 520 g/mol. The number of oxazole rings is 1. The standard InChI is InChI=1S/C33H20N4OS/c1-3-10-29-25(8-1)26-14-12-22(33-36-28-9-2-4-11-31(28)39-33)19-30(26)37(29)24-7-5-6-21(18-24)27-15-13-23(20-35-27)32-34-16-17-38-32/h1-20H. The van der Waals surface area contributed by atoms with E-state index in [1.807, 2.05) is 18.2 Å². The van der Waals surface area contributed by atoms with E-state index >= 15 is 0 Å². The highest BCUT2D eigenvalue weighted by Crippen LogP contribution is 2.37. The molecule has 0 aliphatic carbocycles. The zero-order valence-electron chi connectivity index (χ0n) is 20.7. The van der Waals surface area contributed by atoms with Crippen LogP contribution >= 0.6 is 11.3 Å². The fourth-order valence-corrected chi connectivity index (χ4v) is 6.20. The Morgan fingerprint density at radius 2 is 1.54 bits per heavy atom. The second-order valence-electron chi connectivity index (χ2n) is 9.39. The Labute approximate surface area is 227 Å². The van der Waals surface area contributed by atoms with Crippen molar-refractivity contribution in [3.05, 3.63) is 122 Å². The minimum atomic E-state index is 0.567. The third kappa shape index (κ3) is 3.65. The summed E-state index contributed by atoms with van der Waals surface area (Å²) in [6.45, 7) is 0. The molecule has 0 saturated heterocycles. The molecule has 39 heavy (non-hydrogen) atoms. The number of nitrogens with zero attached hydrogens (tertiary/aromatic N) is 4. The molecule has 4 aromatic heterocycles. The largest absolute Gasteiger partial charge is 0.444 e. The van der Waals surface area contributed by atoms with Crippen LogP contribution in [0.4, 0.5) is 0 Å². The number of hydrogen-bond acceptors (Lipinski definition) is 5. The van der Waals surface area contributed by atoms with Crippen molar-refractivity contribution >= 4 is 43.4 Å². The first-order valence-corrected chi connectivity index (χ1v) is 13.5. The topological polar surface area (TPSA) is 56.7 Å². The number of para-hydroxylation sites is 2. The van der Waals surface area contributed by atoms with E-state index in [1.165, 1.54) is 21.0 Å². The van der Waals surface area contributed by atoms with E-state index in [0.29, 0.717) is 5.89 Å². The van der Waals surface area contributed by atoms with Crippen molar-refractivity contribution in [1.82, 2.24) is 19.5 Å².